The third-order valence-corrected chi connectivity index (χ3v) is 3.09. The molecular formula is C13H15BrO2. The summed E-state index contributed by atoms with van der Waals surface area (Å²) in [6.45, 7) is 5.85. The van der Waals surface area contributed by atoms with Gasteiger partial charge in [0.25, 0.3) is 0 Å². The van der Waals surface area contributed by atoms with E-state index in [9.17, 15) is 9.90 Å². The van der Waals surface area contributed by atoms with Gasteiger partial charge in [-0.1, -0.05) is 47.1 Å². The van der Waals surface area contributed by atoms with Gasteiger partial charge in [-0.25, -0.2) is 0 Å². The monoisotopic (exact) mass is 282 g/mol. The minimum absolute atomic E-state index is 0.486. The van der Waals surface area contributed by atoms with Crippen LogP contribution < -0.4 is 0 Å². The first-order valence-electron chi connectivity index (χ1n) is 5.19. The average molecular weight is 283 g/mol. The van der Waals surface area contributed by atoms with Crippen LogP contribution in [0.3, 0.4) is 0 Å². The van der Waals surface area contributed by atoms with Gasteiger partial charge in [0.15, 0.2) is 0 Å². The molecule has 1 atom stereocenters. The minimum atomic E-state index is -0.795. The maximum absolute atomic E-state index is 11.2. The molecule has 0 aromatic heterocycles. The van der Waals surface area contributed by atoms with Gasteiger partial charge < -0.3 is 5.11 Å². The van der Waals surface area contributed by atoms with Gasteiger partial charge in [-0.3, -0.25) is 4.79 Å². The van der Waals surface area contributed by atoms with Crippen LogP contribution >= 0.6 is 15.9 Å². The predicted molar refractivity (Wildman–Crippen MR) is 68.6 cm³/mol. The third-order valence-electron chi connectivity index (χ3n) is 2.56. The van der Waals surface area contributed by atoms with Crippen molar-refractivity contribution in [1.29, 1.82) is 0 Å². The maximum Gasteiger partial charge on any atom is 0.311 e. The van der Waals surface area contributed by atoms with E-state index in [2.05, 4.69) is 22.5 Å². The van der Waals surface area contributed by atoms with Crippen molar-refractivity contribution in [3.63, 3.8) is 0 Å². The smallest absolute Gasteiger partial charge is 0.311 e. The van der Waals surface area contributed by atoms with E-state index < -0.39 is 11.9 Å². The number of rotatable bonds is 5. The van der Waals surface area contributed by atoms with Crippen LogP contribution in [0, 0.1) is 0 Å². The van der Waals surface area contributed by atoms with Crippen molar-refractivity contribution in [1.82, 2.24) is 0 Å². The molecule has 0 saturated heterocycles. The Labute approximate surface area is 104 Å². The molecule has 1 aromatic carbocycles. The van der Waals surface area contributed by atoms with E-state index in [0.717, 1.165) is 22.0 Å². The van der Waals surface area contributed by atoms with Gasteiger partial charge in [-0.15, -0.1) is 0 Å². The second-order valence-corrected chi connectivity index (χ2v) is 4.67. The summed E-state index contributed by atoms with van der Waals surface area (Å²) in [6.07, 6.45) is 1.33. The number of carboxylic acid groups (broad SMARTS) is 1. The number of hydrogen-bond donors (Lipinski definition) is 1. The zero-order valence-corrected chi connectivity index (χ0v) is 10.8. The first kappa shape index (κ1) is 13.0. The van der Waals surface area contributed by atoms with Crippen molar-refractivity contribution in [2.75, 3.05) is 0 Å². The van der Waals surface area contributed by atoms with Crippen molar-refractivity contribution in [3.8, 4) is 0 Å². The molecular weight excluding hydrogens is 268 g/mol. The Hall–Kier alpha value is -1.09. The summed E-state index contributed by atoms with van der Waals surface area (Å²) in [6, 6.07) is 7.40. The molecule has 0 aliphatic carbocycles. The van der Waals surface area contributed by atoms with E-state index in [1.807, 2.05) is 31.2 Å². The highest BCUT2D eigenvalue weighted by atomic mass is 79.9. The van der Waals surface area contributed by atoms with Crippen LogP contribution in [0.15, 0.2) is 40.9 Å². The van der Waals surface area contributed by atoms with Gasteiger partial charge in [0.05, 0.1) is 5.92 Å². The highest BCUT2D eigenvalue weighted by molar-refractivity contribution is 9.10. The predicted octanol–water partition coefficient (Wildman–Crippen LogP) is 3.97. The van der Waals surface area contributed by atoms with E-state index >= 15 is 0 Å². The molecule has 1 rings (SSSR count). The molecule has 0 fully saturated rings. The molecule has 0 saturated carbocycles. The molecule has 0 heterocycles. The molecule has 3 heteroatoms. The Bertz CT molecular complexity index is 381. The Morgan fingerprint density at radius 3 is 2.44 bits per heavy atom. The summed E-state index contributed by atoms with van der Waals surface area (Å²) >= 11 is 3.33. The third kappa shape index (κ3) is 3.49. The second kappa shape index (κ2) is 5.85. The molecule has 1 N–H and O–H groups in total. The van der Waals surface area contributed by atoms with Crippen LogP contribution in [0.4, 0.5) is 0 Å². The van der Waals surface area contributed by atoms with Crippen molar-refractivity contribution >= 4 is 21.9 Å². The molecule has 1 unspecified atom stereocenters. The zero-order chi connectivity index (χ0) is 12.1. The summed E-state index contributed by atoms with van der Waals surface area (Å²) in [5.74, 6) is -1.28. The van der Waals surface area contributed by atoms with Crippen LogP contribution in [0.25, 0.3) is 0 Å². The van der Waals surface area contributed by atoms with E-state index in [1.165, 1.54) is 0 Å². The van der Waals surface area contributed by atoms with Gasteiger partial charge in [-0.2, -0.15) is 0 Å². The van der Waals surface area contributed by atoms with Gasteiger partial charge in [0.2, 0.25) is 0 Å². The van der Waals surface area contributed by atoms with Crippen molar-refractivity contribution in [3.05, 3.63) is 46.5 Å². The van der Waals surface area contributed by atoms with Crippen molar-refractivity contribution in [2.45, 2.75) is 25.7 Å². The van der Waals surface area contributed by atoms with Crippen LogP contribution in [-0.4, -0.2) is 11.1 Å². The fourth-order valence-electron chi connectivity index (χ4n) is 1.48. The van der Waals surface area contributed by atoms with Gasteiger partial charge >= 0.3 is 5.97 Å². The topological polar surface area (TPSA) is 37.3 Å². The average Bonchev–Trinajstić information content (AvgIpc) is 2.26. The molecule has 0 spiro atoms. The normalized spacial score (nSPS) is 12.1. The number of carboxylic acids is 1. The van der Waals surface area contributed by atoms with Gasteiger partial charge in [-0.05, 0) is 30.5 Å². The number of halogens is 1. The largest absolute Gasteiger partial charge is 0.481 e. The molecule has 0 radical (unpaired) electrons. The van der Waals surface area contributed by atoms with Crippen LogP contribution in [-0.2, 0) is 4.79 Å². The number of hydrogen-bond acceptors (Lipinski definition) is 1. The lowest BCUT2D eigenvalue weighted by Gasteiger charge is -2.13. The fourth-order valence-corrected chi connectivity index (χ4v) is 1.74. The van der Waals surface area contributed by atoms with E-state index in [4.69, 9.17) is 0 Å². The van der Waals surface area contributed by atoms with E-state index in [0.29, 0.717) is 6.42 Å². The SMILES string of the molecule is C=C(CC)CC(C(=O)O)c1ccc(Br)cc1. The van der Waals surface area contributed by atoms with E-state index in [1.54, 1.807) is 0 Å². The zero-order valence-electron chi connectivity index (χ0n) is 9.24. The van der Waals surface area contributed by atoms with Gasteiger partial charge in [0.1, 0.15) is 0 Å². The quantitative estimate of drug-likeness (QED) is 0.830. The molecule has 16 heavy (non-hydrogen) atoms. The molecule has 0 amide bonds. The molecule has 0 bridgehead atoms. The summed E-state index contributed by atoms with van der Waals surface area (Å²) in [4.78, 5) is 11.2. The molecule has 1 aromatic rings. The Kier molecular flexibility index (Phi) is 4.74. The lowest BCUT2D eigenvalue weighted by Crippen LogP contribution is -2.12. The summed E-state index contributed by atoms with van der Waals surface area (Å²) in [5.41, 5.74) is 1.79. The fraction of sp³-hybridized carbons (Fsp3) is 0.308. The molecule has 2 nitrogen and oxygen atoms in total. The number of benzene rings is 1. The van der Waals surface area contributed by atoms with Crippen molar-refractivity contribution < 1.29 is 9.90 Å². The standard InChI is InChI=1S/C13H15BrO2/c1-3-9(2)8-12(13(15)16)10-4-6-11(14)7-5-10/h4-7,12H,2-3,8H2,1H3,(H,15,16). The maximum atomic E-state index is 11.2. The second-order valence-electron chi connectivity index (χ2n) is 3.75. The first-order chi connectivity index (χ1) is 7.54. The number of aliphatic carboxylic acids is 1. The van der Waals surface area contributed by atoms with Crippen LogP contribution in [0.2, 0.25) is 0 Å². The molecule has 0 aliphatic rings. The Morgan fingerprint density at radius 1 is 1.44 bits per heavy atom. The summed E-state index contributed by atoms with van der Waals surface area (Å²) in [5, 5.41) is 9.19. The van der Waals surface area contributed by atoms with Gasteiger partial charge in [0, 0.05) is 4.47 Å². The van der Waals surface area contributed by atoms with Crippen LogP contribution in [0.1, 0.15) is 31.2 Å². The minimum Gasteiger partial charge on any atom is -0.481 e. The lowest BCUT2D eigenvalue weighted by molar-refractivity contribution is -0.138. The first-order valence-corrected chi connectivity index (χ1v) is 5.98. The molecule has 0 aliphatic heterocycles. The van der Waals surface area contributed by atoms with Crippen molar-refractivity contribution in [2.24, 2.45) is 0 Å². The highest BCUT2D eigenvalue weighted by Crippen LogP contribution is 2.25. The highest BCUT2D eigenvalue weighted by Gasteiger charge is 2.20. The lowest BCUT2D eigenvalue weighted by atomic mass is 9.92. The Balaban J connectivity index is 2.89. The van der Waals surface area contributed by atoms with E-state index in [-0.39, 0.29) is 0 Å². The molecule has 86 valence electrons. The summed E-state index contributed by atoms with van der Waals surface area (Å²) in [7, 11) is 0. The van der Waals surface area contributed by atoms with Crippen LogP contribution in [0.5, 0.6) is 0 Å². The summed E-state index contributed by atoms with van der Waals surface area (Å²) < 4.78 is 0.953. The number of allylic oxidation sites excluding steroid dienone is 1. The number of carbonyl (C=O) groups is 1. The Morgan fingerprint density at radius 2 is 2.00 bits per heavy atom.